The van der Waals surface area contributed by atoms with Crippen LogP contribution < -0.4 is 14.9 Å². The van der Waals surface area contributed by atoms with Crippen molar-refractivity contribution in [3.63, 3.8) is 0 Å². The number of amides is 1. The Hall–Kier alpha value is -2.65. The maximum Gasteiger partial charge on any atom is 0.265 e. The first-order chi connectivity index (χ1) is 18.4. The number of rotatable bonds is 1. The molecule has 0 spiro atoms. The molecule has 9 heteroatoms. The lowest BCUT2D eigenvalue weighted by atomic mass is 9.83. The molecule has 0 radical (unpaired) electrons. The van der Waals surface area contributed by atoms with Crippen molar-refractivity contribution in [3.8, 4) is 0 Å². The molecular weight excluding hydrogens is 572 g/mol. The molecule has 4 bridgehead atoms. The highest BCUT2D eigenvalue weighted by Gasteiger charge is 2.43. The monoisotopic (exact) mass is 608 g/mol. The standard InChI is InChI=1S/C30H37BrN6OS/c1-18-14-23(22-12-10-20(31)16-32-22)33-25-8-7-9-26(35-25)39-36-28(38)21-11-13-24(29(2,3)4)34-27(21)37-17-19(18)15-30(37,5)6/h7-13,16,18-19,23H,14-15,17H2,1-6H3,(H,33,35)(H,36,38). The van der Waals surface area contributed by atoms with Gasteiger partial charge in [0.25, 0.3) is 5.91 Å². The molecule has 39 heavy (non-hydrogen) atoms. The number of carbonyl (C=O) groups is 1. The molecular formula is C30H37BrN6OS. The average molecular weight is 610 g/mol. The van der Waals surface area contributed by atoms with E-state index in [9.17, 15) is 4.79 Å². The fourth-order valence-corrected chi connectivity index (χ4v) is 6.43. The summed E-state index contributed by atoms with van der Waals surface area (Å²) in [5.74, 6) is 2.18. The molecule has 1 fully saturated rings. The molecule has 3 aromatic rings. The molecule has 0 aromatic carbocycles. The normalized spacial score (nSPS) is 23.2. The molecule has 3 unspecified atom stereocenters. The van der Waals surface area contributed by atoms with Crippen molar-refractivity contribution >= 4 is 45.4 Å². The Morgan fingerprint density at radius 2 is 1.90 bits per heavy atom. The molecule has 2 N–H and O–H groups in total. The van der Waals surface area contributed by atoms with Gasteiger partial charge >= 0.3 is 0 Å². The van der Waals surface area contributed by atoms with Gasteiger partial charge in [-0.1, -0.05) is 33.8 Å². The average Bonchev–Trinajstić information content (AvgIpc) is 3.21. The molecule has 7 nitrogen and oxygen atoms in total. The Labute approximate surface area is 244 Å². The SMILES string of the molecule is CC1CC(c2ccc(Br)cn2)Nc2cccc(n2)SNC(=O)c2ccc(C(C)(C)C)nc2N2CC1CC2(C)C. The van der Waals surface area contributed by atoms with E-state index in [1.807, 2.05) is 42.6 Å². The van der Waals surface area contributed by atoms with Crippen molar-refractivity contribution in [3.05, 3.63) is 70.1 Å². The maximum absolute atomic E-state index is 13.6. The highest BCUT2D eigenvalue weighted by Crippen LogP contribution is 2.43. The maximum atomic E-state index is 13.6. The van der Waals surface area contributed by atoms with E-state index in [4.69, 9.17) is 15.0 Å². The summed E-state index contributed by atoms with van der Waals surface area (Å²) in [6.07, 6.45) is 3.77. The van der Waals surface area contributed by atoms with Crippen LogP contribution in [0.1, 0.15) is 82.2 Å². The van der Waals surface area contributed by atoms with E-state index in [2.05, 4.69) is 78.5 Å². The number of hydrogen-bond donors (Lipinski definition) is 2. The van der Waals surface area contributed by atoms with Gasteiger partial charge in [-0.15, -0.1) is 0 Å². The van der Waals surface area contributed by atoms with E-state index >= 15 is 0 Å². The second-order valence-electron chi connectivity index (χ2n) is 12.4. The van der Waals surface area contributed by atoms with Crippen LogP contribution in [0.4, 0.5) is 11.6 Å². The minimum atomic E-state index is -0.165. The first kappa shape index (κ1) is 27.9. The third-order valence-electron chi connectivity index (χ3n) is 7.87. The zero-order chi connectivity index (χ0) is 27.9. The van der Waals surface area contributed by atoms with Gasteiger partial charge in [-0.25, -0.2) is 9.97 Å². The summed E-state index contributed by atoms with van der Waals surface area (Å²) in [7, 11) is 0. The Balaban J connectivity index is 1.58. The molecule has 3 aromatic heterocycles. The fourth-order valence-electron chi connectivity index (χ4n) is 5.60. The van der Waals surface area contributed by atoms with E-state index in [1.54, 1.807) is 0 Å². The number of nitrogens with zero attached hydrogens (tertiary/aromatic N) is 4. The number of nitrogens with one attached hydrogen (secondary N) is 2. The molecule has 2 aliphatic heterocycles. The van der Waals surface area contributed by atoms with Crippen molar-refractivity contribution in [2.75, 3.05) is 16.8 Å². The third-order valence-corrected chi connectivity index (χ3v) is 9.06. The summed E-state index contributed by atoms with van der Waals surface area (Å²) in [6, 6.07) is 13.8. The second kappa shape index (κ2) is 10.7. The van der Waals surface area contributed by atoms with Crippen LogP contribution in [0.3, 0.4) is 0 Å². The Morgan fingerprint density at radius 1 is 1.10 bits per heavy atom. The summed E-state index contributed by atoms with van der Waals surface area (Å²) < 4.78 is 3.98. The van der Waals surface area contributed by atoms with Gasteiger partial charge in [-0.2, -0.15) is 0 Å². The van der Waals surface area contributed by atoms with E-state index in [0.717, 1.165) is 46.9 Å². The van der Waals surface area contributed by atoms with Crippen molar-refractivity contribution in [1.29, 1.82) is 0 Å². The molecule has 1 saturated heterocycles. The minimum Gasteiger partial charge on any atom is -0.362 e. The quantitative estimate of drug-likeness (QED) is 0.283. The zero-order valence-corrected chi connectivity index (χ0v) is 25.9. The molecule has 2 aliphatic rings. The summed E-state index contributed by atoms with van der Waals surface area (Å²) in [5, 5.41) is 4.36. The van der Waals surface area contributed by atoms with Gasteiger partial charge < -0.3 is 10.2 Å². The molecule has 5 heterocycles. The Kier molecular flexibility index (Phi) is 7.68. The largest absolute Gasteiger partial charge is 0.362 e. The highest BCUT2D eigenvalue weighted by molar-refractivity contribution is 9.10. The van der Waals surface area contributed by atoms with Crippen LogP contribution >= 0.6 is 27.9 Å². The molecule has 1 amide bonds. The van der Waals surface area contributed by atoms with Crippen LogP contribution in [0.15, 0.2) is 58.2 Å². The van der Waals surface area contributed by atoms with Gasteiger partial charge in [-0.05, 0) is 90.9 Å². The number of carbonyl (C=O) groups excluding carboxylic acids is 1. The van der Waals surface area contributed by atoms with Crippen molar-refractivity contribution in [2.45, 2.75) is 76.4 Å². The van der Waals surface area contributed by atoms with Crippen LogP contribution in [0.5, 0.6) is 0 Å². The lowest BCUT2D eigenvalue weighted by Crippen LogP contribution is -2.40. The number of aromatic nitrogens is 3. The van der Waals surface area contributed by atoms with E-state index in [1.165, 1.54) is 11.9 Å². The smallest absolute Gasteiger partial charge is 0.265 e. The summed E-state index contributed by atoms with van der Waals surface area (Å²) in [6.45, 7) is 14.2. The van der Waals surface area contributed by atoms with Gasteiger partial charge in [0.05, 0.1) is 17.3 Å². The minimum absolute atomic E-state index is 0.00404. The first-order valence-corrected chi connectivity index (χ1v) is 15.1. The zero-order valence-electron chi connectivity index (χ0n) is 23.5. The number of anilines is 2. The van der Waals surface area contributed by atoms with Crippen LogP contribution in [0, 0.1) is 11.8 Å². The first-order valence-electron chi connectivity index (χ1n) is 13.5. The fraction of sp³-hybridized carbons (Fsp3) is 0.467. The van der Waals surface area contributed by atoms with Gasteiger partial charge in [0.2, 0.25) is 0 Å². The predicted molar refractivity (Wildman–Crippen MR) is 162 cm³/mol. The van der Waals surface area contributed by atoms with Crippen molar-refractivity contribution in [1.82, 2.24) is 19.7 Å². The van der Waals surface area contributed by atoms with Crippen LogP contribution in [-0.2, 0) is 5.41 Å². The van der Waals surface area contributed by atoms with Gasteiger partial charge in [0.15, 0.2) is 0 Å². The molecule has 5 rings (SSSR count). The van der Waals surface area contributed by atoms with Crippen LogP contribution in [-0.4, -0.2) is 32.9 Å². The lowest BCUT2D eigenvalue weighted by Gasteiger charge is -2.34. The van der Waals surface area contributed by atoms with E-state index < -0.39 is 0 Å². The molecule has 0 aliphatic carbocycles. The predicted octanol–water partition coefficient (Wildman–Crippen LogP) is 7.17. The highest BCUT2D eigenvalue weighted by atomic mass is 79.9. The van der Waals surface area contributed by atoms with Crippen molar-refractivity contribution in [2.24, 2.45) is 11.8 Å². The summed E-state index contributed by atoms with van der Waals surface area (Å²) in [5.41, 5.74) is 2.28. The van der Waals surface area contributed by atoms with Gasteiger partial charge in [-0.3, -0.25) is 14.5 Å². The number of fused-ring (bicyclic) bond motifs is 6. The van der Waals surface area contributed by atoms with Crippen LogP contribution in [0.2, 0.25) is 0 Å². The van der Waals surface area contributed by atoms with E-state index in [-0.39, 0.29) is 22.9 Å². The number of halogens is 1. The Bertz CT molecular complexity index is 1360. The molecule has 3 atom stereocenters. The lowest BCUT2D eigenvalue weighted by molar-refractivity contribution is 0.0984. The van der Waals surface area contributed by atoms with Gasteiger partial charge in [0, 0.05) is 45.8 Å². The summed E-state index contributed by atoms with van der Waals surface area (Å²) in [4.78, 5) is 30.6. The topological polar surface area (TPSA) is 83.0 Å². The number of pyridine rings is 3. The Morgan fingerprint density at radius 3 is 2.62 bits per heavy atom. The number of hydrogen-bond acceptors (Lipinski definition) is 7. The van der Waals surface area contributed by atoms with E-state index in [0.29, 0.717) is 22.4 Å². The second-order valence-corrected chi connectivity index (χ2v) is 14.2. The van der Waals surface area contributed by atoms with Crippen molar-refractivity contribution < 1.29 is 4.79 Å². The third kappa shape index (κ3) is 6.09. The van der Waals surface area contributed by atoms with Gasteiger partial charge in [0.1, 0.15) is 16.7 Å². The molecule has 0 saturated carbocycles. The molecule has 206 valence electrons. The van der Waals surface area contributed by atoms with Crippen LogP contribution in [0.25, 0.3) is 0 Å². The summed E-state index contributed by atoms with van der Waals surface area (Å²) >= 11 is 4.74.